The third-order valence-electron chi connectivity index (χ3n) is 4.58. The van der Waals surface area contributed by atoms with E-state index in [9.17, 15) is 19.5 Å². The Morgan fingerprint density at radius 3 is 2.56 bits per heavy atom. The van der Waals surface area contributed by atoms with Gasteiger partial charge in [0.2, 0.25) is 0 Å². The molecule has 3 rings (SSSR count). The molecule has 140 valence electrons. The van der Waals surface area contributed by atoms with Crippen molar-refractivity contribution in [3.8, 4) is 0 Å². The van der Waals surface area contributed by atoms with Gasteiger partial charge in [-0.15, -0.1) is 0 Å². The summed E-state index contributed by atoms with van der Waals surface area (Å²) in [6.07, 6.45) is 0.190. The van der Waals surface area contributed by atoms with Gasteiger partial charge in [-0.25, -0.2) is 9.59 Å². The van der Waals surface area contributed by atoms with Crippen LogP contribution in [0.4, 0.5) is 10.5 Å². The maximum absolute atomic E-state index is 12.7. The smallest absolute Gasteiger partial charge is 0.326 e. The molecular formula is C20H21N3O4. The zero-order valence-electron chi connectivity index (χ0n) is 14.9. The Morgan fingerprint density at radius 1 is 1.19 bits per heavy atom. The number of benzene rings is 2. The quantitative estimate of drug-likeness (QED) is 0.727. The van der Waals surface area contributed by atoms with Gasteiger partial charge in [-0.05, 0) is 30.2 Å². The molecular weight excluding hydrogens is 346 g/mol. The van der Waals surface area contributed by atoms with Crippen LogP contribution in [0.2, 0.25) is 0 Å². The molecule has 1 heterocycles. The molecule has 3 amide bonds. The van der Waals surface area contributed by atoms with Gasteiger partial charge in [0.1, 0.15) is 6.04 Å². The number of nitrogens with one attached hydrogen (secondary N) is 2. The molecule has 1 aliphatic heterocycles. The molecule has 27 heavy (non-hydrogen) atoms. The fraction of sp³-hybridized carbons (Fsp3) is 0.250. The molecule has 7 nitrogen and oxygen atoms in total. The lowest BCUT2D eigenvalue weighted by Crippen LogP contribution is -2.42. The van der Waals surface area contributed by atoms with Gasteiger partial charge in [0, 0.05) is 30.8 Å². The highest BCUT2D eigenvalue weighted by Gasteiger charge is 2.26. The number of carbonyl (C=O) groups is 3. The standard InChI is InChI=1S/C20H21N3O4/c1-13-15(8-5-9-17(13)23-11-10-21-20(23)27)18(24)22-16(19(25)26)12-14-6-3-2-4-7-14/h2-9,16H,10-12H2,1H3,(H,21,27)(H,22,24)(H,25,26)/t16-/m1/s1. The summed E-state index contributed by atoms with van der Waals surface area (Å²) in [5.74, 6) is -1.57. The van der Waals surface area contributed by atoms with Crippen LogP contribution in [-0.4, -0.2) is 42.1 Å². The number of carbonyl (C=O) groups excluding carboxylic acids is 2. The van der Waals surface area contributed by atoms with Crippen molar-refractivity contribution in [1.29, 1.82) is 0 Å². The number of carboxylic acids is 1. The SMILES string of the molecule is Cc1c(C(=O)N[C@H](Cc2ccccc2)C(=O)O)cccc1N1CCNC1=O. The Hall–Kier alpha value is -3.35. The van der Waals surface area contributed by atoms with Crippen LogP contribution >= 0.6 is 0 Å². The minimum Gasteiger partial charge on any atom is -0.480 e. The fourth-order valence-corrected chi connectivity index (χ4v) is 3.15. The summed E-state index contributed by atoms with van der Waals surface area (Å²) < 4.78 is 0. The van der Waals surface area contributed by atoms with E-state index in [2.05, 4.69) is 10.6 Å². The summed E-state index contributed by atoms with van der Waals surface area (Å²) in [5, 5.41) is 14.8. The Balaban J connectivity index is 1.80. The van der Waals surface area contributed by atoms with Gasteiger partial charge in [0.25, 0.3) is 5.91 Å². The number of urea groups is 1. The first-order valence-corrected chi connectivity index (χ1v) is 8.70. The maximum atomic E-state index is 12.7. The van der Waals surface area contributed by atoms with Crippen LogP contribution < -0.4 is 15.5 Å². The van der Waals surface area contributed by atoms with E-state index in [1.807, 2.05) is 30.3 Å². The highest BCUT2D eigenvalue weighted by Crippen LogP contribution is 2.24. The van der Waals surface area contributed by atoms with Gasteiger partial charge in [-0.3, -0.25) is 9.69 Å². The van der Waals surface area contributed by atoms with Gasteiger partial charge in [-0.2, -0.15) is 0 Å². The Bertz CT molecular complexity index is 867. The summed E-state index contributed by atoms with van der Waals surface area (Å²) in [6.45, 7) is 2.83. The minimum atomic E-state index is -1.10. The second kappa shape index (κ2) is 7.90. The van der Waals surface area contributed by atoms with E-state index >= 15 is 0 Å². The maximum Gasteiger partial charge on any atom is 0.326 e. The van der Waals surface area contributed by atoms with E-state index in [1.54, 1.807) is 30.0 Å². The molecule has 0 spiro atoms. The summed E-state index contributed by atoms with van der Waals surface area (Å²) in [4.78, 5) is 37.8. The number of rotatable bonds is 6. The number of carboxylic acid groups (broad SMARTS) is 1. The number of amides is 3. The molecule has 0 unspecified atom stereocenters. The lowest BCUT2D eigenvalue weighted by atomic mass is 10.0. The van der Waals surface area contributed by atoms with Crippen LogP contribution in [-0.2, 0) is 11.2 Å². The third kappa shape index (κ3) is 4.08. The van der Waals surface area contributed by atoms with Crippen molar-refractivity contribution in [2.45, 2.75) is 19.4 Å². The first-order chi connectivity index (χ1) is 13.0. The van der Waals surface area contributed by atoms with Crippen LogP contribution in [0, 0.1) is 6.92 Å². The monoisotopic (exact) mass is 367 g/mol. The lowest BCUT2D eigenvalue weighted by molar-refractivity contribution is -0.139. The van der Waals surface area contributed by atoms with E-state index in [-0.39, 0.29) is 12.5 Å². The zero-order valence-corrected chi connectivity index (χ0v) is 14.9. The second-order valence-electron chi connectivity index (χ2n) is 6.39. The summed E-state index contributed by atoms with van der Waals surface area (Å²) in [6, 6.07) is 13.0. The Morgan fingerprint density at radius 2 is 1.93 bits per heavy atom. The van der Waals surface area contributed by atoms with Crippen LogP contribution in [0.25, 0.3) is 0 Å². The highest BCUT2D eigenvalue weighted by atomic mass is 16.4. The molecule has 0 radical (unpaired) electrons. The predicted molar refractivity (Wildman–Crippen MR) is 101 cm³/mol. The molecule has 0 saturated carbocycles. The molecule has 1 atom stereocenters. The molecule has 1 aliphatic rings. The van der Waals surface area contributed by atoms with Crippen LogP contribution in [0.3, 0.4) is 0 Å². The van der Waals surface area contributed by atoms with Crippen LogP contribution in [0.1, 0.15) is 21.5 Å². The van der Waals surface area contributed by atoms with Crippen molar-refractivity contribution in [2.75, 3.05) is 18.0 Å². The number of aliphatic carboxylic acids is 1. The third-order valence-corrected chi connectivity index (χ3v) is 4.58. The van der Waals surface area contributed by atoms with E-state index in [0.717, 1.165) is 5.56 Å². The van der Waals surface area contributed by atoms with Crippen molar-refractivity contribution in [1.82, 2.24) is 10.6 Å². The molecule has 0 aromatic heterocycles. The fourth-order valence-electron chi connectivity index (χ4n) is 3.15. The summed E-state index contributed by atoms with van der Waals surface area (Å²) in [7, 11) is 0. The number of nitrogens with zero attached hydrogens (tertiary/aromatic N) is 1. The summed E-state index contributed by atoms with van der Waals surface area (Å²) >= 11 is 0. The van der Waals surface area contributed by atoms with Crippen molar-refractivity contribution in [3.63, 3.8) is 0 Å². The van der Waals surface area contributed by atoms with Crippen molar-refractivity contribution in [3.05, 3.63) is 65.2 Å². The lowest BCUT2D eigenvalue weighted by Gasteiger charge is -2.20. The van der Waals surface area contributed by atoms with E-state index in [4.69, 9.17) is 0 Å². The number of hydrogen-bond acceptors (Lipinski definition) is 3. The van der Waals surface area contributed by atoms with E-state index in [0.29, 0.717) is 29.9 Å². The normalized spacial score (nSPS) is 14.6. The van der Waals surface area contributed by atoms with Gasteiger partial charge >= 0.3 is 12.0 Å². The summed E-state index contributed by atoms with van der Waals surface area (Å²) in [5.41, 5.74) is 2.46. The number of hydrogen-bond donors (Lipinski definition) is 3. The van der Waals surface area contributed by atoms with Crippen LogP contribution in [0.5, 0.6) is 0 Å². The first kappa shape index (κ1) is 18.4. The van der Waals surface area contributed by atoms with Crippen molar-refractivity contribution < 1.29 is 19.5 Å². The van der Waals surface area contributed by atoms with Gasteiger partial charge < -0.3 is 15.7 Å². The predicted octanol–water partition coefficient (Wildman–Crippen LogP) is 1.95. The average molecular weight is 367 g/mol. The van der Waals surface area contributed by atoms with E-state index < -0.39 is 17.9 Å². The Kier molecular flexibility index (Phi) is 5.40. The molecule has 1 saturated heterocycles. The van der Waals surface area contributed by atoms with Gasteiger partial charge in [0.15, 0.2) is 0 Å². The largest absolute Gasteiger partial charge is 0.480 e. The molecule has 2 aromatic rings. The molecule has 3 N–H and O–H groups in total. The van der Waals surface area contributed by atoms with Gasteiger partial charge in [0.05, 0.1) is 0 Å². The van der Waals surface area contributed by atoms with E-state index in [1.165, 1.54) is 0 Å². The average Bonchev–Trinajstić information content (AvgIpc) is 3.07. The second-order valence-corrected chi connectivity index (χ2v) is 6.39. The zero-order chi connectivity index (χ0) is 19.4. The minimum absolute atomic E-state index is 0.190. The van der Waals surface area contributed by atoms with Crippen LogP contribution in [0.15, 0.2) is 48.5 Å². The molecule has 1 fully saturated rings. The molecule has 0 bridgehead atoms. The van der Waals surface area contributed by atoms with Crippen molar-refractivity contribution in [2.24, 2.45) is 0 Å². The first-order valence-electron chi connectivity index (χ1n) is 8.70. The number of anilines is 1. The topological polar surface area (TPSA) is 98.7 Å². The van der Waals surface area contributed by atoms with Crippen molar-refractivity contribution >= 4 is 23.6 Å². The molecule has 0 aliphatic carbocycles. The molecule has 2 aromatic carbocycles. The molecule has 7 heteroatoms. The van der Waals surface area contributed by atoms with Gasteiger partial charge in [-0.1, -0.05) is 36.4 Å². The Labute approximate surface area is 157 Å². The highest BCUT2D eigenvalue weighted by molar-refractivity contribution is 6.01.